The Balaban J connectivity index is 5.20. The van der Waals surface area contributed by atoms with Gasteiger partial charge in [0.25, 0.3) is 0 Å². The number of carbonyl (C=O) groups is 1. The number of hydrogen-bond acceptors (Lipinski definition) is 5. The molecule has 144 valence electrons. The van der Waals surface area contributed by atoms with Crippen molar-refractivity contribution in [1.29, 1.82) is 0 Å². The van der Waals surface area contributed by atoms with Gasteiger partial charge in [0.05, 0.1) is 13.2 Å². The number of hydrogen-bond donors (Lipinski definition) is 1. The Hall–Kier alpha value is -0.199. The van der Waals surface area contributed by atoms with Crippen LogP contribution in [-0.4, -0.2) is 56.5 Å². The molecule has 0 unspecified atom stereocenters. The lowest BCUT2D eigenvalue weighted by Gasteiger charge is -2.37. The third kappa shape index (κ3) is 13.1. The van der Waals surface area contributed by atoms with E-state index in [1.165, 1.54) is 0 Å². The first kappa shape index (κ1) is 23.8. The summed E-state index contributed by atoms with van der Waals surface area (Å²) in [4.78, 5) is 11.5. The number of carbonyl (C=O) groups excluding carboxylic acids is 1. The van der Waals surface area contributed by atoms with Gasteiger partial charge >= 0.3 is 6.09 Å². The fourth-order valence-electron chi connectivity index (χ4n) is 1.75. The Kier molecular flexibility index (Phi) is 8.87. The number of amides is 1. The highest BCUT2D eigenvalue weighted by molar-refractivity contribution is 6.70. The third-order valence-corrected chi connectivity index (χ3v) is 6.04. The highest BCUT2D eigenvalue weighted by Crippen LogP contribution is 2.23. The van der Waals surface area contributed by atoms with Gasteiger partial charge in [-0.15, -0.1) is 0 Å². The second kappa shape index (κ2) is 8.95. The van der Waals surface area contributed by atoms with Crippen LogP contribution in [0.1, 0.15) is 6.42 Å². The lowest BCUT2D eigenvalue weighted by atomic mass is 10.0. The fraction of sp³-hybridized carbons (Fsp3) is 0.933. The van der Waals surface area contributed by atoms with Gasteiger partial charge in [0.15, 0.2) is 30.6 Å². The zero-order valence-electron chi connectivity index (χ0n) is 16.9. The molecular weight excluding hydrogens is 358 g/mol. The Morgan fingerprint density at radius 2 is 1.17 bits per heavy atom. The van der Waals surface area contributed by atoms with Crippen molar-refractivity contribution in [2.45, 2.75) is 70.9 Å². The largest absolute Gasteiger partial charge is 0.438 e. The summed E-state index contributed by atoms with van der Waals surface area (Å²) in [5, 5.41) is 0. The van der Waals surface area contributed by atoms with Gasteiger partial charge in [0, 0.05) is 13.0 Å². The molecule has 0 rings (SSSR count). The van der Waals surface area contributed by atoms with Crippen LogP contribution in [0.25, 0.3) is 0 Å². The molecule has 0 aromatic carbocycles. The van der Waals surface area contributed by atoms with Crippen molar-refractivity contribution >= 4 is 31.0 Å². The van der Waals surface area contributed by atoms with Crippen molar-refractivity contribution in [3.05, 3.63) is 0 Å². The molecule has 0 aromatic heterocycles. The summed E-state index contributed by atoms with van der Waals surface area (Å²) in [7, 11) is -5.21. The van der Waals surface area contributed by atoms with Crippen molar-refractivity contribution in [2.75, 3.05) is 19.8 Å². The first-order chi connectivity index (χ1) is 10.5. The molecule has 9 heteroatoms. The van der Waals surface area contributed by atoms with Gasteiger partial charge in [0.2, 0.25) is 0 Å². The van der Waals surface area contributed by atoms with Crippen LogP contribution in [0.15, 0.2) is 0 Å². The number of ether oxygens (including phenoxy) is 1. The summed E-state index contributed by atoms with van der Waals surface area (Å²) in [5.74, 6) is 0. The number of primary amides is 1. The molecule has 0 aromatic rings. The molecule has 0 aliphatic carbocycles. The van der Waals surface area contributed by atoms with E-state index in [0.29, 0.717) is 13.0 Å². The van der Waals surface area contributed by atoms with Gasteiger partial charge in [-0.1, -0.05) is 0 Å². The predicted octanol–water partition coefficient (Wildman–Crippen LogP) is 3.77. The van der Waals surface area contributed by atoms with Gasteiger partial charge < -0.3 is 23.7 Å². The lowest BCUT2D eigenvalue weighted by molar-refractivity contribution is -0.0635. The van der Waals surface area contributed by atoms with Crippen LogP contribution in [0.2, 0.25) is 58.9 Å². The average Bonchev–Trinajstić information content (AvgIpc) is 2.30. The van der Waals surface area contributed by atoms with Crippen molar-refractivity contribution < 1.29 is 22.8 Å². The lowest BCUT2D eigenvalue weighted by Crippen LogP contribution is -2.51. The van der Waals surface area contributed by atoms with Crippen LogP contribution in [0.5, 0.6) is 0 Å². The Morgan fingerprint density at radius 3 is 1.46 bits per heavy atom. The van der Waals surface area contributed by atoms with E-state index in [-0.39, 0.29) is 13.2 Å². The van der Waals surface area contributed by atoms with Gasteiger partial charge in [-0.2, -0.15) is 0 Å². The molecule has 24 heavy (non-hydrogen) atoms. The second-order valence-electron chi connectivity index (χ2n) is 9.12. The van der Waals surface area contributed by atoms with E-state index in [0.717, 1.165) is 0 Å². The van der Waals surface area contributed by atoms with Gasteiger partial charge in [-0.05, 0) is 58.9 Å². The second-order valence-corrected chi connectivity index (χ2v) is 22.7. The highest BCUT2D eigenvalue weighted by atomic mass is 28.4. The number of rotatable bonds is 11. The quantitative estimate of drug-likeness (QED) is 0.539. The Morgan fingerprint density at radius 1 is 0.792 bits per heavy atom. The molecule has 0 heterocycles. The maximum Gasteiger partial charge on any atom is 0.405 e. The van der Waals surface area contributed by atoms with Crippen LogP contribution in [0, 0.1) is 0 Å². The molecule has 0 fully saturated rings. The summed E-state index contributed by atoms with van der Waals surface area (Å²) in [6, 6.07) is 0. The molecule has 0 spiro atoms. The van der Waals surface area contributed by atoms with Crippen molar-refractivity contribution in [2.24, 2.45) is 5.73 Å². The Bertz CT molecular complexity index is 381. The molecule has 0 saturated heterocycles. The normalized spacial score (nSPS) is 13.9. The van der Waals surface area contributed by atoms with Crippen LogP contribution < -0.4 is 5.73 Å². The zero-order valence-corrected chi connectivity index (χ0v) is 19.9. The van der Waals surface area contributed by atoms with E-state index < -0.39 is 36.6 Å². The molecular formula is C15H37NO5Si3. The van der Waals surface area contributed by atoms with Crippen molar-refractivity contribution in [1.82, 2.24) is 0 Å². The summed E-state index contributed by atoms with van der Waals surface area (Å²) < 4.78 is 23.5. The van der Waals surface area contributed by atoms with E-state index in [4.69, 9.17) is 23.7 Å². The molecule has 0 aliphatic heterocycles. The molecule has 0 atom stereocenters. The molecule has 0 radical (unpaired) electrons. The minimum Gasteiger partial charge on any atom is -0.438 e. The van der Waals surface area contributed by atoms with Crippen molar-refractivity contribution in [3.8, 4) is 0 Å². The minimum absolute atomic E-state index is 0.283. The van der Waals surface area contributed by atoms with Crippen LogP contribution in [0.4, 0.5) is 4.79 Å². The average molecular weight is 396 g/mol. The standard InChI is InChI=1S/C15H37NO5Si3/c1-22(2,3)18-11-10-15(21-14(16)17,12-19-23(4,5)6)13-20-24(7,8)9/h10-13H2,1-9H3,(H2,16,17). The summed E-state index contributed by atoms with van der Waals surface area (Å²) >= 11 is 0. The maximum atomic E-state index is 11.5. The summed E-state index contributed by atoms with van der Waals surface area (Å²) in [5.41, 5.74) is 4.44. The topological polar surface area (TPSA) is 80.0 Å². The van der Waals surface area contributed by atoms with Gasteiger partial charge in [-0.3, -0.25) is 0 Å². The maximum absolute atomic E-state index is 11.5. The van der Waals surface area contributed by atoms with E-state index in [1.807, 2.05) is 0 Å². The fourth-order valence-corrected chi connectivity index (χ4v) is 3.86. The monoisotopic (exact) mass is 395 g/mol. The molecule has 0 bridgehead atoms. The molecule has 0 saturated carbocycles. The minimum atomic E-state index is -1.78. The third-order valence-electron chi connectivity index (χ3n) is 2.95. The van der Waals surface area contributed by atoms with E-state index >= 15 is 0 Å². The van der Waals surface area contributed by atoms with Crippen LogP contribution >= 0.6 is 0 Å². The SMILES string of the molecule is C[Si](C)(C)OCCC(CO[Si](C)(C)C)(CO[Si](C)(C)C)OC(N)=O. The van der Waals surface area contributed by atoms with Gasteiger partial charge in [-0.25, -0.2) is 4.79 Å². The van der Waals surface area contributed by atoms with Crippen LogP contribution in [-0.2, 0) is 18.0 Å². The molecule has 1 amide bonds. The smallest absolute Gasteiger partial charge is 0.405 e. The first-order valence-electron chi connectivity index (χ1n) is 8.44. The Labute approximate surface area is 150 Å². The zero-order chi connectivity index (χ0) is 19.2. The van der Waals surface area contributed by atoms with Crippen LogP contribution in [0.3, 0.4) is 0 Å². The highest BCUT2D eigenvalue weighted by Gasteiger charge is 2.38. The van der Waals surface area contributed by atoms with Crippen molar-refractivity contribution in [3.63, 3.8) is 0 Å². The summed E-state index contributed by atoms with van der Waals surface area (Å²) in [6.07, 6.45) is -0.295. The molecule has 0 aliphatic rings. The predicted molar refractivity (Wildman–Crippen MR) is 106 cm³/mol. The van der Waals surface area contributed by atoms with Gasteiger partial charge in [0.1, 0.15) is 0 Å². The molecule has 6 nitrogen and oxygen atoms in total. The molecule has 2 N–H and O–H groups in total. The summed E-state index contributed by atoms with van der Waals surface area (Å²) in [6.45, 7) is 20.0. The van der Waals surface area contributed by atoms with E-state index in [1.54, 1.807) is 0 Å². The van der Waals surface area contributed by atoms with E-state index in [2.05, 4.69) is 58.9 Å². The van der Waals surface area contributed by atoms with E-state index in [9.17, 15) is 4.79 Å². The first-order valence-corrected chi connectivity index (χ1v) is 18.7. The number of nitrogens with two attached hydrogens (primary N) is 1.